The number of nitrogens with zero attached hydrogens (tertiary/aromatic N) is 1. The second-order valence-electron chi connectivity index (χ2n) is 2.90. The van der Waals surface area contributed by atoms with Crippen molar-refractivity contribution in [1.29, 1.82) is 0 Å². The molecule has 0 atom stereocenters. The Bertz CT molecular complexity index is 490. The molecule has 2 aromatic heterocycles. The number of hydrogen-bond donors (Lipinski definition) is 0. The van der Waals surface area contributed by atoms with Gasteiger partial charge in [0.2, 0.25) is 0 Å². The first kappa shape index (κ1) is 9.09. The molecule has 0 unspecified atom stereocenters. The zero-order valence-corrected chi connectivity index (χ0v) is 8.28. The maximum absolute atomic E-state index is 11.2. The highest BCUT2D eigenvalue weighted by molar-refractivity contribution is 6.30. The highest BCUT2D eigenvalue weighted by Gasteiger charge is 2.08. The lowest BCUT2D eigenvalue weighted by atomic mass is 10.3. The van der Waals surface area contributed by atoms with Crippen LogP contribution in [0.15, 0.2) is 30.6 Å². The first-order valence-corrected chi connectivity index (χ1v) is 4.44. The molecule has 0 aliphatic rings. The maximum atomic E-state index is 11.2. The number of ether oxygens (including phenoxy) is 1. The molecule has 2 rings (SSSR count). The van der Waals surface area contributed by atoms with E-state index in [1.165, 1.54) is 7.11 Å². The van der Waals surface area contributed by atoms with E-state index >= 15 is 0 Å². The summed E-state index contributed by atoms with van der Waals surface area (Å²) in [6.45, 7) is 0. The number of aromatic nitrogens is 1. The van der Waals surface area contributed by atoms with Crippen molar-refractivity contribution >= 4 is 23.1 Å². The number of esters is 1. The molecule has 0 saturated carbocycles. The van der Waals surface area contributed by atoms with E-state index in [4.69, 9.17) is 11.6 Å². The standard InChI is InChI=1S/C10H8ClNO2/c1-14-10(13)7-4-9-5-8(11)2-3-12(9)6-7/h2-6H,1H3. The number of rotatable bonds is 1. The van der Waals surface area contributed by atoms with E-state index in [0.717, 1.165) is 5.52 Å². The molecular formula is C10H8ClNO2. The van der Waals surface area contributed by atoms with E-state index in [2.05, 4.69) is 4.74 Å². The summed E-state index contributed by atoms with van der Waals surface area (Å²) in [5, 5.41) is 0.645. The Morgan fingerprint density at radius 1 is 1.50 bits per heavy atom. The fraction of sp³-hybridized carbons (Fsp3) is 0.100. The topological polar surface area (TPSA) is 30.7 Å². The molecule has 2 aromatic rings. The van der Waals surface area contributed by atoms with Gasteiger partial charge in [-0.15, -0.1) is 0 Å². The molecular weight excluding hydrogens is 202 g/mol. The van der Waals surface area contributed by atoms with Crippen molar-refractivity contribution in [3.05, 3.63) is 41.2 Å². The second-order valence-corrected chi connectivity index (χ2v) is 3.33. The van der Waals surface area contributed by atoms with Crippen molar-refractivity contribution in [1.82, 2.24) is 4.40 Å². The molecule has 0 aromatic carbocycles. The summed E-state index contributed by atoms with van der Waals surface area (Å²) >= 11 is 5.81. The van der Waals surface area contributed by atoms with Crippen LogP contribution in [0.25, 0.3) is 5.52 Å². The van der Waals surface area contributed by atoms with Crippen LogP contribution in [0, 0.1) is 0 Å². The van der Waals surface area contributed by atoms with E-state index in [1.807, 2.05) is 4.40 Å². The molecule has 0 N–H and O–H groups in total. The lowest BCUT2D eigenvalue weighted by Crippen LogP contribution is -1.98. The molecule has 4 heteroatoms. The van der Waals surface area contributed by atoms with Crippen LogP contribution < -0.4 is 0 Å². The number of pyridine rings is 1. The Labute approximate surface area is 85.9 Å². The van der Waals surface area contributed by atoms with Crippen LogP contribution >= 0.6 is 11.6 Å². The zero-order valence-electron chi connectivity index (χ0n) is 7.53. The van der Waals surface area contributed by atoms with Gasteiger partial charge in [0.1, 0.15) is 0 Å². The van der Waals surface area contributed by atoms with Crippen LogP contribution in [0.2, 0.25) is 5.02 Å². The van der Waals surface area contributed by atoms with E-state index in [0.29, 0.717) is 10.6 Å². The van der Waals surface area contributed by atoms with Crippen LogP contribution in [0.5, 0.6) is 0 Å². The Hall–Kier alpha value is -1.48. The number of carbonyl (C=O) groups is 1. The zero-order chi connectivity index (χ0) is 10.1. The van der Waals surface area contributed by atoms with Gasteiger partial charge in [0, 0.05) is 22.9 Å². The first-order chi connectivity index (χ1) is 6.70. The minimum absolute atomic E-state index is 0.343. The van der Waals surface area contributed by atoms with Gasteiger partial charge >= 0.3 is 5.97 Å². The number of carbonyl (C=O) groups excluding carboxylic acids is 1. The largest absolute Gasteiger partial charge is 0.465 e. The van der Waals surface area contributed by atoms with Crippen LogP contribution in [0.1, 0.15) is 10.4 Å². The van der Waals surface area contributed by atoms with Crippen LogP contribution in [-0.4, -0.2) is 17.5 Å². The van der Waals surface area contributed by atoms with Crippen molar-refractivity contribution in [3.63, 3.8) is 0 Å². The van der Waals surface area contributed by atoms with Crippen molar-refractivity contribution in [2.45, 2.75) is 0 Å². The normalized spacial score (nSPS) is 10.4. The summed E-state index contributed by atoms with van der Waals surface area (Å²) in [6.07, 6.45) is 3.50. The third-order valence-electron chi connectivity index (χ3n) is 1.98. The summed E-state index contributed by atoms with van der Waals surface area (Å²) in [5.41, 5.74) is 1.40. The molecule has 0 fully saturated rings. The molecule has 2 heterocycles. The van der Waals surface area contributed by atoms with E-state index in [9.17, 15) is 4.79 Å². The highest BCUT2D eigenvalue weighted by atomic mass is 35.5. The summed E-state index contributed by atoms with van der Waals surface area (Å²) in [4.78, 5) is 11.2. The number of methoxy groups -OCH3 is 1. The van der Waals surface area contributed by atoms with Gasteiger partial charge in [-0.25, -0.2) is 4.79 Å². The second kappa shape index (κ2) is 3.35. The fourth-order valence-electron chi connectivity index (χ4n) is 1.31. The average Bonchev–Trinajstić information content (AvgIpc) is 2.59. The Kier molecular flexibility index (Phi) is 2.17. The van der Waals surface area contributed by atoms with Crippen molar-refractivity contribution in [2.75, 3.05) is 7.11 Å². The predicted molar refractivity (Wildman–Crippen MR) is 53.7 cm³/mol. The molecule has 0 aliphatic heterocycles. The summed E-state index contributed by atoms with van der Waals surface area (Å²) < 4.78 is 6.43. The van der Waals surface area contributed by atoms with Crippen LogP contribution in [0.4, 0.5) is 0 Å². The minimum Gasteiger partial charge on any atom is -0.465 e. The van der Waals surface area contributed by atoms with E-state index in [1.54, 1.807) is 30.6 Å². The minimum atomic E-state index is -0.343. The van der Waals surface area contributed by atoms with E-state index in [-0.39, 0.29) is 5.97 Å². The summed E-state index contributed by atoms with van der Waals surface area (Å²) in [7, 11) is 1.36. The van der Waals surface area contributed by atoms with Gasteiger partial charge in [-0.1, -0.05) is 11.6 Å². The summed E-state index contributed by atoms with van der Waals surface area (Å²) in [6, 6.07) is 5.28. The van der Waals surface area contributed by atoms with Gasteiger partial charge in [0.25, 0.3) is 0 Å². The predicted octanol–water partition coefficient (Wildman–Crippen LogP) is 2.38. The fourth-order valence-corrected chi connectivity index (χ4v) is 1.48. The van der Waals surface area contributed by atoms with Gasteiger partial charge in [-0.3, -0.25) is 0 Å². The smallest absolute Gasteiger partial charge is 0.339 e. The lowest BCUT2D eigenvalue weighted by Gasteiger charge is -1.92. The summed E-state index contributed by atoms with van der Waals surface area (Å²) in [5.74, 6) is -0.343. The monoisotopic (exact) mass is 209 g/mol. The lowest BCUT2D eigenvalue weighted by molar-refractivity contribution is 0.0601. The van der Waals surface area contributed by atoms with Gasteiger partial charge < -0.3 is 9.14 Å². The molecule has 0 aliphatic carbocycles. The molecule has 3 nitrogen and oxygen atoms in total. The van der Waals surface area contributed by atoms with Crippen molar-refractivity contribution in [3.8, 4) is 0 Å². The Balaban J connectivity index is 2.56. The number of hydrogen-bond acceptors (Lipinski definition) is 2. The van der Waals surface area contributed by atoms with Crippen molar-refractivity contribution < 1.29 is 9.53 Å². The highest BCUT2D eigenvalue weighted by Crippen LogP contribution is 2.15. The third-order valence-corrected chi connectivity index (χ3v) is 2.22. The molecule has 72 valence electrons. The van der Waals surface area contributed by atoms with Gasteiger partial charge in [0.05, 0.1) is 12.7 Å². The maximum Gasteiger partial charge on any atom is 0.339 e. The molecule has 0 bridgehead atoms. The molecule has 0 radical (unpaired) electrons. The van der Waals surface area contributed by atoms with Crippen LogP contribution in [0.3, 0.4) is 0 Å². The molecule has 0 amide bonds. The quantitative estimate of drug-likeness (QED) is 0.676. The molecule has 14 heavy (non-hydrogen) atoms. The number of halogens is 1. The van der Waals surface area contributed by atoms with Gasteiger partial charge in [-0.05, 0) is 18.2 Å². The van der Waals surface area contributed by atoms with E-state index < -0.39 is 0 Å². The molecule has 0 spiro atoms. The van der Waals surface area contributed by atoms with Gasteiger partial charge in [-0.2, -0.15) is 0 Å². The van der Waals surface area contributed by atoms with Crippen molar-refractivity contribution in [2.24, 2.45) is 0 Å². The first-order valence-electron chi connectivity index (χ1n) is 4.06. The van der Waals surface area contributed by atoms with Crippen LogP contribution in [-0.2, 0) is 4.74 Å². The Morgan fingerprint density at radius 2 is 2.29 bits per heavy atom. The molecule has 0 saturated heterocycles. The SMILES string of the molecule is COC(=O)c1cc2cc(Cl)ccn2c1. The third kappa shape index (κ3) is 1.46. The van der Waals surface area contributed by atoms with Gasteiger partial charge in [0.15, 0.2) is 0 Å². The average molecular weight is 210 g/mol. The number of fused-ring (bicyclic) bond motifs is 1. The Morgan fingerprint density at radius 3 is 3.00 bits per heavy atom.